The molecule has 0 radical (unpaired) electrons. The van der Waals surface area contributed by atoms with Crippen LogP contribution in [-0.2, 0) is 0 Å². The minimum absolute atomic E-state index is 0.766. The standard InChI is InChI=1S/C45H30N6/c1-31-37(16-13-34-19-25-49-43(28-34)40-10-4-7-22-46-40)32(2)39(18-15-36-21-27-51-45(30-36)42-12-6-9-24-48-42)33(3)38(31)17-14-35-20-26-50-44(29-35)41-11-5-8-23-47-41/h4-12,19-30H,1-3H3. The van der Waals surface area contributed by atoms with Crippen LogP contribution >= 0.6 is 0 Å². The fourth-order valence-electron chi connectivity index (χ4n) is 5.67. The van der Waals surface area contributed by atoms with Crippen molar-refractivity contribution in [3.05, 3.63) is 178 Å². The van der Waals surface area contributed by atoms with Gasteiger partial charge in [-0.25, -0.2) is 0 Å². The van der Waals surface area contributed by atoms with Crippen molar-refractivity contribution in [1.29, 1.82) is 0 Å². The van der Waals surface area contributed by atoms with Gasteiger partial charge in [0.05, 0.1) is 34.2 Å². The third-order valence-electron chi connectivity index (χ3n) is 8.31. The molecule has 0 saturated heterocycles. The Kier molecular flexibility index (Phi) is 9.46. The van der Waals surface area contributed by atoms with Gasteiger partial charge >= 0.3 is 0 Å². The van der Waals surface area contributed by atoms with Gasteiger partial charge in [-0.1, -0.05) is 53.7 Å². The maximum Gasteiger partial charge on any atom is 0.0898 e. The Morgan fingerprint density at radius 1 is 0.314 bits per heavy atom. The van der Waals surface area contributed by atoms with Crippen LogP contribution in [0, 0.1) is 56.3 Å². The van der Waals surface area contributed by atoms with Crippen molar-refractivity contribution in [1.82, 2.24) is 29.9 Å². The molecule has 51 heavy (non-hydrogen) atoms. The van der Waals surface area contributed by atoms with Gasteiger partial charge in [0.2, 0.25) is 0 Å². The zero-order chi connectivity index (χ0) is 35.0. The number of pyridine rings is 6. The van der Waals surface area contributed by atoms with E-state index >= 15 is 0 Å². The molecule has 0 aliphatic carbocycles. The third kappa shape index (κ3) is 7.45. The summed E-state index contributed by atoms with van der Waals surface area (Å²) >= 11 is 0. The minimum atomic E-state index is 0.766. The molecule has 6 aromatic heterocycles. The van der Waals surface area contributed by atoms with Gasteiger partial charge < -0.3 is 0 Å². The van der Waals surface area contributed by atoms with E-state index in [4.69, 9.17) is 0 Å². The molecule has 0 spiro atoms. The number of nitrogens with zero attached hydrogens (tertiary/aromatic N) is 6. The van der Waals surface area contributed by atoms with Crippen molar-refractivity contribution in [2.45, 2.75) is 20.8 Å². The van der Waals surface area contributed by atoms with E-state index < -0.39 is 0 Å². The molecule has 7 aromatic rings. The zero-order valence-electron chi connectivity index (χ0n) is 28.3. The van der Waals surface area contributed by atoms with E-state index in [1.54, 1.807) is 37.2 Å². The first kappa shape index (κ1) is 32.4. The summed E-state index contributed by atoms with van der Waals surface area (Å²) in [5, 5.41) is 0. The van der Waals surface area contributed by atoms with Crippen molar-refractivity contribution >= 4 is 0 Å². The molecule has 0 unspecified atom stereocenters. The summed E-state index contributed by atoms with van der Waals surface area (Å²) < 4.78 is 0. The SMILES string of the molecule is Cc1c(C#Cc2ccnc(-c3ccccn3)c2)c(C)c(C#Cc2ccnc(-c3ccccn3)c2)c(C)c1C#Cc1ccnc(-c2ccccn2)c1. The summed E-state index contributed by atoms with van der Waals surface area (Å²) in [5.74, 6) is 20.6. The highest BCUT2D eigenvalue weighted by atomic mass is 14.8. The first-order chi connectivity index (χ1) is 25.0. The molecule has 7 rings (SSSR count). The van der Waals surface area contributed by atoms with Crippen LogP contribution in [0.3, 0.4) is 0 Å². The second kappa shape index (κ2) is 14.9. The summed E-state index contributed by atoms with van der Waals surface area (Å²) in [6, 6.07) is 28.9. The second-order valence-electron chi connectivity index (χ2n) is 11.7. The molecule has 0 N–H and O–H groups in total. The third-order valence-corrected chi connectivity index (χ3v) is 8.31. The maximum atomic E-state index is 4.51. The van der Waals surface area contributed by atoms with Crippen molar-refractivity contribution in [2.24, 2.45) is 0 Å². The number of hydrogen-bond donors (Lipinski definition) is 0. The van der Waals surface area contributed by atoms with Crippen molar-refractivity contribution < 1.29 is 0 Å². The molecule has 6 heteroatoms. The van der Waals surface area contributed by atoms with Crippen LogP contribution in [0.4, 0.5) is 0 Å². The lowest BCUT2D eigenvalue weighted by molar-refractivity contribution is 1.24. The van der Waals surface area contributed by atoms with Crippen LogP contribution in [0.5, 0.6) is 0 Å². The Labute approximate surface area is 297 Å². The number of benzene rings is 1. The Balaban J connectivity index is 1.33. The van der Waals surface area contributed by atoms with E-state index in [1.165, 1.54) is 0 Å². The molecule has 0 saturated carbocycles. The van der Waals surface area contributed by atoms with Gasteiger partial charge in [0.25, 0.3) is 0 Å². The van der Waals surface area contributed by atoms with Crippen LogP contribution in [0.1, 0.15) is 50.1 Å². The van der Waals surface area contributed by atoms with Gasteiger partial charge in [-0.2, -0.15) is 0 Å². The zero-order valence-corrected chi connectivity index (χ0v) is 28.3. The molecule has 0 aliphatic heterocycles. The van der Waals surface area contributed by atoms with E-state index in [-0.39, 0.29) is 0 Å². The van der Waals surface area contributed by atoms with E-state index in [0.29, 0.717) is 0 Å². The molecule has 6 heterocycles. The van der Waals surface area contributed by atoms with Crippen molar-refractivity contribution in [2.75, 3.05) is 0 Å². The lowest BCUT2D eigenvalue weighted by Crippen LogP contribution is -2.02. The van der Waals surface area contributed by atoms with E-state index in [1.807, 2.05) is 91.0 Å². The van der Waals surface area contributed by atoms with Gasteiger partial charge in [-0.3, -0.25) is 29.9 Å². The van der Waals surface area contributed by atoms with Gasteiger partial charge in [-0.15, -0.1) is 0 Å². The summed E-state index contributed by atoms with van der Waals surface area (Å²) in [7, 11) is 0. The summed E-state index contributed by atoms with van der Waals surface area (Å²) in [6.45, 7) is 6.22. The fraction of sp³-hybridized carbons (Fsp3) is 0.0667. The second-order valence-corrected chi connectivity index (χ2v) is 11.7. The summed E-state index contributed by atoms with van der Waals surface area (Å²) in [4.78, 5) is 26.9. The minimum Gasteiger partial charge on any atom is -0.255 e. The molecule has 0 bridgehead atoms. The van der Waals surface area contributed by atoms with Crippen LogP contribution in [0.2, 0.25) is 0 Å². The monoisotopic (exact) mass is 654 g/mol. The number of rotatable bonds is 3. The number of aromatic nitrogens is 6. The highest BCUT2D eigenvalue weighted by Gasteiger charge is 2.15. The average Bonchev–Trinajstić information content (AvgIpc) is 3.19. The normalized spacial score (nSPS) is 10.2. The van der Waals surface area contributed by atoms with Gasteiger partial charge in [0.15, 0.2) is 0 Å². The molecular formula is C45H30N6. The Morgan fingerprint density at radius 2 is 0.608 bits per heavy atom. The predicted octanol–water partition coefficient (Wildman–Crippen LogP) is 8.18. The van der Waals surface area contributed by atoms with Crippen LogP contribution in [0.15, 0.2) is 128 Å². The van der Waals surface area contributed by atoms with Gasteiger partial charge in [0, 0.05) is 70.6 Å². The van der Waals surface area contributed by atoms with Crippen LogP contribution in [-0.4, -0.2) is 29.9 Å². The summed E-state index contributed by atoms with van der Waals surface area (Å²) in [5.41, 5.74) is 12.8. The largest absolute Gasteiger partial charge is 0.255 e. The molecular weight excluding hydrogens is 625 g/mol. The molecule has 0 fully saturated rings. The average molecular weight is 655 g/mol. The molecule has 0 atom stereocenters. The topological polar surface area (TPSA) is 77.3 Å². The van der Waals surface area contributed by atoms with Crippen LogP contribution in [0.25, 0.3) is 34.2 Å². The molecule has 240 valence electrons. The first-order valence-electron chi connectivity index (χ1n) is 16.4. The van der Waals surface area contributed by atoms with E-state index in [0.717, 1.165) is 84.2 Å². The molecule has 6 nitrogen and oxygen atoms in total. The maximum absolute atomic E-state index is 4.51. The number of hydrogen-bond acceptors (Lipinski definition) is 6. The van der Waals surface area contributed by atoms with E-state index in [2.05, 4.69) is 86.2 Å². The van der Waals surface area contributed by atoms with Gasteiger partial charge in [-0.05, 0) is 110 Å². The quantitative estimate of drug-likeness (QED) is 0.179. The predicted molar refractivity (Wildman–Crippen MR) is 201 cm³/mol. The highest BCUT2D eigenvalue weighted by molar-refractivity contribution is 5.68. The Bertz CT molecular complexity index is 2250. The summed E-state index contributed by atoms with van der Waals surface area (Å²) in [6.07, 6.45) is 10.6. The van der Waals surface area contributed by atoms with Crippen LogP contribution < -0.4 is 0 Å². The Morgan fingerprint density at radius 3 is 0.882 bits per heavy atom. The smallest absolute Gasteiger partial charge is 0.0898 e. The lowest BCUT2D eigenvalue weighted by atomic mass is 9.88. The van der Waals surface area contributed by atoms with Gasteiger partial charge in [0.1, 0.15) is 0 Å². The van der Waals surface area contributed by atoms with E-state index in [9.17, 15) is 0 Å². The lowest BCUT2D eigenvalue weighted by Gasteiger charge is -2.14. The highest BCUT2D eigenvalue weighted by Crippen LogP contribution is 2.27. The van der Waals surface area contributed by atoms with Crippen molar-refractivity contribution in [3.8, 4) is 69.7 Å². The van der Waals surface area contributed by atoms with Crippen molar-refractivity contribution in [3.63, 3.8) is 0 Å². The molecule has 0 amide bonds. The first-order valence-corrected chi connectivity index (χ1v) is 16.4. The Hall–Kier alpha value is -7.20. The molecule has 1 aromatic carbocycles. The molecule has 0 aliphatic rings. The fourth-order valence-corrected chi connectivity index (χ4v) is 5.67.